The Morgan fingerprint density at radius 3 is 2.86 bits per heavy atom. The summed E-state index contributed by atoms with van der Waals surface area (Å²) < 4.78 is 1.66. The Kier molecular flexibility index (Phi) is 5.17. The van der Waals surface area contributed by atoms with E-state index in [0.717, 1.165) is 29.9 Å². The maximum atomic E-state index is 11.9. The van der Waals surface area contributed by atoms with Crippen LogP contribution in [0.2, 0.25) is 0 Å². The quantitative estimate of drug-likeness (QED) is 0.830. The predicted molar refractivity (Wildman–Crippen MR) is 79.5 cm³/mol. The summed E-state index contributed by atoms with van der Waals surface area (Å²) in [4.78, 5) is 34.4. The number of amides is 1. The summed E-state index contributed by atoms with van der Waals surface area (Å²) in [5.74, 6) is -1.43. The molecule has 0 aliphatic heterocycles. The largest absolute Gasteiger partial charge is 0.481 e. The van der Waals surface area contributed by atoms with Gasteiger partial charge in [-0.25, -0.2) is 0 Å². The van der Waals surface area contributed by atoms with E-state index in [4.69, 9.17) is 5.11 Å². The number of carbonyl (C=O) groups is 2. The van der Waals surface area contributed by atoms with Crippen LogP contribution in [0.1, 0.15) is 37.8 Å². The second kappa shape index (κ2) is 6.89. The van der Waals surface area contributed by atoms with Crippen LogP contribution in [0.4, 0.5) is 0 Å². The fraction of sp³-hybridized carbons (Fsp3) is 0.643. The van der Waals surface area contributed by atoms with Gasteiger partial charge in [0.05, 0.1) is 5.92 Å². The number of aromatic nitrogens is 1. The molecular formula is C14H20N2O4S. The molecule has 2 unspecified atom stereocenters. The first-order valence-electron chi connectivity index (χ1n) is 7.16. The number of carboxylic acid groups (broad SMARTS) is 1. The Hall–Kier alpha value is -1.63. The monoisotopic (exact) mass is 312 g/mol. The average molecular weight is 312 g/mol. The van der Waals surface area contributed by atoms with Gasteiger partial charge in [0, 0.05) is 30.1 Å². The summed E-state index contributed by atoms with van der Waals surface area (Å²) in [6, 6.07) is -0.249. The van der Waals surface area contributed by atoms with E-state index >= 15 is 0 Å². The molecule has 1 aliphatic rings. The number of carbonyl (C=O) groups excluding carboxylic acids is 1. The summed E-state index contributed by atoms with van der Waals surface area (Å²) in [6.07, 6.45) is 3.08. The standard InChI is InChI=1S/C14H20N2O4S/c1-9-8-21-14(20)16(9)7-3-6-12(17)15-11-5-2-4-10(11)13(18)19/h8,10-11H,2-7H2,1H3,(H,15,17)(H,18,19). The highest BCUT2D eigenvalue weighted by Crippen LogP contribution is 2.25. The number of rotatable bonds is 6. The molecule has 0 radical (unpaired) electrons. The van der Waals surface area contributed by atoms with Crippen LogP contribution < -0.4 is 10.2 Å². The zero-order valence-electron chi connectivity index (χ0n) is 12.0. The maximum absolute atomic E-state index is 11.9. The molecule has 6 nitrogen and oxygen atoms in total. The number of carboxylic acids is 1. The van der Waals surface area contributed by atoms with Crippen molar-refractivity contribution in [1.82, 2.24) is 9.88 Å². The first-order valence-corrected chi connectivity index (χ1v) is 8.04. The van der Waals surface area contributed by atoms with E-state index in [9.17, 15) is 14.4 Å². The van der Waals surface area contributed by atoms with E-state index in [2.05, 4.69) is 5.32 Å². The number of nitrogens with one attached hydrogen (secondary N) is 1. The van der Waals surface area contributed by atoms with Gasteiger partial charge in [-0.2, -0.15) is 0 Å². The molecule has 0 spiro atoms. The lowest BCUT2D eigenvalue weighted by atomic mass is 10.0. The second-order valence-electron chi connectivity index (χ2n) is 5.45. The van der Waals surface area contributed by atoms with Crippen molar-refractivity contribution in [2.75, 3.05) is 0 Å². The summed E-state index contributed by atoms with van der Waals surface area (Å²) in [6.45, 7) is 2.39. The van der Waals surface area contributed by atoms with Crippen molar-refractivity contribution in [3.63, 3.8) is 0 Å². The predicted octanol–water partition coefficient (Wildman–Crippen LogP) is 1.37. The van der Waals surface area contributed by atoms with Crippen LogP contribution in [0.25, 0.3) is 0 Å². The maximum Gasteiger partial charge on any atom is 0.308 e. The van der Waals surface area contributed by atoms with Crippen LogP contribution in [0.15, 0.2) is 10.2 Å². The minimum Gasteiger partial charge on any atom is -0.481 e. The number of hydrogen-bond donors (Lipinski definition) is 2. The summed E-state index contributed by atoms with van der Waals surface area (Å²) in [5.41, 5.74) is 0.909. The molecule has 1 fully saturated rings. The Balaban J connectivity index is 1.78. The first kappa shape index (κ1) is 15.8. The van der Waals surface area contributed by atoms with Gasteiger partial charge in [-0.1, -0.05) is 17.8 Å². The van der Waals surface area contributed by atoms with E-state index < -0.39 is 11.9 Å². The van der Waals surface area contributed by atoms with Gasteiger partial charge in [-0.05, 0) is 26.2 Å². The van der Waals surface area contributed by atoms with Crippen LogP contribution in [0.3, 0.4) is 0 Å². The molecule has 1 aromatic heterocycles. The van der Waals surface area contributed by atoms with Crippen LogP contribution in [-0.2, 0) is 16.1 Å². The Morgan fingerprint density at radius 2 is 2.24 bits per heavy atom. The van der Waals surface area contributed by atoms with Crippen molar-refractivity contribution >= 4 is 23.2 Å². The van der Waals surface area contributed by atoms with E-state index in [-0.39, 0.29) is 16.8 Å². The lowest BCUT2D eigenvalue weighted by Crippen LogP contribution is -2.40. The molecule has 1 saturated carbocycles. The highest BCUT2D eigenvalue weighted by molar-refractivity contribution is 7.07. The van der Waals surface area contributed by atoms with E-state index in [1.807, 2.05) is 6.92 Å². The highest BCUT2D eigenvalue weighted by Gasteiger charge is 2.33. The topological polar surface area (TPSA) is 88.4 Å². The van der Waals surface area contributed by atoms with Crippen molar-refractivity contribution in [1.29, 1.82) is 0 Å². The molecule has 0 aromatic carbocycles. The molecule has 0 saturated heterocycles. The number of nitrogens with zero attached hydrogens (tertiary/aromatic N) is 1. The fourth-order valence-corrected chi connectivity index (χ4v) is 3.54. The molecule has 2 atom stereocenters. The van der Waals surface area contributed by atoms with Gasteiger partial charge in [0.25, 0.3) is 0 Å². The molecule has 21 heavy (non-hydrogen) atoms. The number of hydrogen-bond acceptors (Lipinski definition) is 4. The number of aliphatic carboxylic acids is 1. The van der Waals surface area contributed by atoms with E-state index in [1.54, 1.807) is 9.95 Å². The van der Waals surface area contributed by atoms with Crippen LogP contribution >= 0.6 is 11.3 Å². The SMILES string of the molecule is Cc1csc(=O)n1CCCC(=O)NC1CCCC1C(=O)O. The molecule has 116 valence electrons. The molecule has 7 heteroatoms. The second-order valence-corrected chi connectivity index (χ2v) is 6.27. The van der Waals surface area contributed by atoms with Crippen LogP contribution in [0.5, 0.6) is 0 Å². The van der Waals surface area contributed by atoms with Gasteiger partial charge in [0.15, 0.2) is 0 Å². The third-order valence-corrected chi connectivity index (χ3v) is 4.82. The highest BCUT2D eigenvalue weighted by atomic mass is 32.1. The minimum absolute atomic E-state index is 0.00496. The van der Waals surface area contributed by atoms with Crippen molar-refractivity contribution in [3.8, 4) is 0 Å². The Bertz CT molecular complexity index is 578. The van der Waals surface area contributed by atoms with E-state index in [0.29, 0.717) is 25.8 Å². The van der Waals surface area contributed by atoms with Gasteiger partial charge in [-0.15, -0.1) is 0 Å². The molecule has 1 aliphatic carbocycles. The smallest absolute Gasteiger partial charge is 0.308 e. The van der Waals surface area contributed by atoms with Crippen LogP contribution in [0, 0.1) is 12.8 Å². The molecule has 1 heterocycles. The lowest BCUT2D eigenvalue weighted by molar-refractivity contribution is -0.142. The van der Waals surface area contributed by atoms with Gasteiger partial charge in [0.2, 0.25) is 5.91 Å². The normalized spacial score (nSPS) is 21.4. The lowest BCUT2D eigenvalue weighted by Gasteiger charge is -2.17. The van der Waals surface area contributed by atoms with Crippen molar-refractivity contribution in [3.05, 3.63) is 20.7 Å². The van der Waals surface area contributed by atoms with Gasteiger partial charge in [-0.3, -0.25) is 14.4 Å². The molecule has 2 N–H and O–H groups in total. The number of aryl methyl sites for hydroxylation is 1. The fourth-order valence-electron chi connectivity index (χ4n) is 2.78. The van der Waals surface area contributed by atoms with Gasteiger partial charge in [0.1, 0.15) is 0 Å². The Labute approximate surface area is 126 Å². The summed E-state index contributed by atoms with van der Waals surface area (Å²) >= 11 is 1.16. The van der Waals surface area contributed by atoms with Crippen molar-refractivity contribution in [2.24, 2.45) is 5.92 Å². The Morgan fingerprint density at radius 1 is 1.48 bits per heavy atom. The summed E-state index contributed by atoms with van der Waals surface area (Å²) in [7, 11) is 0. The van der Waals surface area contributed by atoms with Crippen molar-refractivity contribution in [2.45, 2.75) is 51.6 Å². The number of thiazole rings is 1. The molecule has 1 aromatic rings. The molecular weight excluding hydrogens is 292 g/mol. The van der Waals surface area contributed by atoms with Gasteiger partial charge >= 0.3 is 10.8 Å². The summed E-state index contributed by atoms with van der Waals surface area (Å²) in [5, 5.41) is 13.7. The molecule has 0 bridgehead atoms. The zero-order valence-corrected chi connectivity index (χ0v) is 12.8. The third kappa shape index (κ3) is 3.93. The van der Waals surface area contributed by atoms with Crippen LogP contribution in [-0.4, -0.2) is 27.6 Å². The third-order valence-electron chi connectivity index (χ3n) is 3.94. The average Bonchev–Trinajstić information content (AvgIpc) is 2.99. The van der Waals surface area contributed by atoms with E-state index in [1.165, 1.54) is 0 Å². The molecule has 2 rings (SSSR count). The van der Waals surface area contributed by atoms with Gasteiger partial charge < -0.3 is 15.0 Å². The zero-order chi connectivity index (χ0) is 15.4. The van der Waals surface area contributed by atoms with Crippen molar-refractivity contribution < 1.29 is 14.7 Å². The molecule has 1 amide bonds. The minimum atomic E-state index is -0.835. The first-order chi connectivity index (χ1) is 9.99.